The molecule has 0 saturated heterocycles. The van der Waals surface area contributed by atoms with Crippen LogP contribution in [0.2, 0.25) is 0 Å². The summed E-state index contributed by atoms with van der Waals surface area (Å²) in [6.07, 6.45) is 6.63. The fraction of sp³-hybridized carbons (Fsp3) is 0.346. The maximum Gasteiger partial charge on any atom is 0.338 e. The summed E-state index contributed by atoms with van der Waals surface area (Å²) in [4.78, 5) is 24.9. The number of hydrogen-bond donors (Lipinski definition) is 1. The van der Waals surface area contributed by atoms with Crippen molar-refractivity contribution in [3.63, 3.8) is 0 Å². The largest absolute Gasteiger partial charge is 0.493 e. The summed E-state index contributed by atoms with van der Waals surface area (Å²) in [5, 5.41) is 12.2. The van der Waals surface area contributed by atoms with Crippen LogP contribution in [0, 0.1) is 11.3 Å². The molecule has 0 unspecified atom stereocenters. The Morgan fingerprint density at radius 2 is 1.82 bits per heavy atom. The van der Waals surface area contributed by atoms with Crippen LogP contribution in [0.25, 0.3) is 6.08 Å². The summed E-state index contributed by atoms with van der Waals surface area (Å²) >= 11 is 0. The lowest BCUT2D eigenvalue weighted by Crippen LogP contribution is -2.21. The first-order valence-corrected chi connectivity index (χ1v) is 11.1. The summed E-state index contributed by atoms with van der Waals surface area (Å²) < 4.78 is 16.4. The minimum absolute atomic E-state index is 0.0184. The molecule has 1 saturated carbocycles. The van der Waals surface area contributed by atoms with E-state index in [2.05, 4.69) is 5.32 Å². The van der Waals surface area contributed by atoms with E-state index in [1.54, 1.807) is 42.5 Å². The number of nitriles is 1. The van der Waals surface area contributed by atoms with Gasteiger partial charge in [0.05, 0.1) is 19.3 Å². The zero-order chi connectivity index (χ0) is 23.6. The first-order chi connectivity index (χ1) is 16.0. The number of anilines is 1. The van der Waals surface area contributed by atoms with Gasteiger partial charge in [0.25, 0.3) is 5.91 Å². The molecule has 33 heavy (non-hydrogen) atoms. The van der Waals surface area contributed by atoms with Gasteiger partial charge in [-0.2, -0.15) is 5.26 Å². The predicted molar refractivity (Wildman–Crippen MR) is 125 cm³/mol. The van der Waals surface area contributed by atoms with E-state index >= 15 is 0 Å². The molecule has 3 rings (SSSR count). The Morgan fingerprint density at radius 3 is 2.45 bits per heavy atom. The van der Waals surface area contributed by atoms with Crippen LogP contribution in [0.15, 0.2) is 48.0 Å². The van der Waals surface area contributed by atoms with E-state index in [9.17, 15) is 14.9 Å². The first kappa shape index (κ1) is 23.9. The van der Waals surface area contributed by atoms with Crippen LogP contribution in [0.4, 0.5) is 5.69 Å². The summed E-state index contributed by atoms with van der Waals surface area (Å²) in [6.45, 7) is 2.37. The lowest BCUT2D eigenvalue weighted by molar-refractivity contribution is -0.112. The molecule has 0 aromatic heterocycles. The molecule has 172 valence electrons. The van der Waals surface area contributed by atoms with Gasteiger partial charge in [-0.3, -0.25) is 4.79 Å². The Labute approximate surface area is 194 Å². The predicted octanol–water partition coefficient (Wildman–Crippen LogP) is 5.13. The van der Waals surface area contributed by atoms with Gasteiger partial charge < -0.3 is 19.5 Å². The number of nitrogens with zero attached hydrogens (tertiary/aromatic N) is 1. The van der Waals surface area contributed by atoms with Crippen molar-refractivity contribution in [2.75, 3.05) is 19.0 Å². The average molecular weight is 449 g/mol. The number of hydrogen-bond acceptors (Lipinski definition) is 6. The van der Waals surface area contributed by atoms with Crippen molar-refractivity contribution in [2.45, 2.75) is 45.1 Å². The van der Waals surface area contributed by atoms with Gasteiger partial charge in [-0.15, -0.1) is 0 Å². The number of esters is 1. The third kappa shape index (κ3) is 6.59. The number of amides is 1. The van der Waals surface area contributed by atoms with Gasteiger partial charge in [-0.05, 0) is 80.6 Å². The zero-order valence-corrected chi connectivity index (χ0v) is 18.9. The molecular formula is C26H28N2O5. The van der Waals surface area contributed by atoms with Crippen molar-refractivity contribution in [1.29, 1.82) is 5.26 Å². The lowest BCUT2D eigenvalue weighted by Gasteiger charge is -2.21. The summed E-state index contributed by atoms with van der Waals surface area (Å²) in [5.41, 5.74) is 1.46. The highest BCUT2D eigenvalue weighted by Crippen LogP contribution is 2.29. The fourth-order valence-corrected chi connectivity index (χ4v) is 3.65. The molecule has 1 aliphatic carbocycles. The van der Waals surface area contributed by atoms with Crippen LogP contribution in [-0.2, 0) is 9.53 Å². The van der Waals surface area contributed by atoms with Crippen LogP contribution in [0.1, 0.15) is 54.9 Å². The molecule has 0 atom stereocenters. The monoisotopic (exact) mass is 448 g/mol. The molecule has 0 bridgehead atoms. The summed E-state index contributed by atoms with van der Waals surface area (Å²) in [5.74, 6) is 0.186. The molecule has 2 aromatic carbocycles. The highest BCUT2D eigenvalue weighted by molar-refractivity contribution is 6.09. The van der Waals surface area contributed by atoms with Crippen molar-refractivity contribution in [2.24, 2.45) is 0 Å². The number of ether oxygens (including phenoxy) is 3. The smallest absolute Gasteiger partial charge is 0.338 e. The van der Waals surface area contributed by atoms with Crippen molar-refractivity contribution in [3.8, 4) is 17.6 Å². The molecule has 7 heteroatoms. The summed E-state index contributed by atoms with van der Waals surface area (Å²) in [6, 6.07) is 13.5. The number of carbonyl (C=O) groups is 2. The molecule has 7 nitrogen and oxygen atoms in total. The van der Waals surface area contributed by atoms with Crippen molar-refractivity contribution in [1.82, 2.24) is 0 Å². The minimum Gasteiger partial charge on any atom is -0.493 e. The van der Waals surface area contributed by atoms with E-state index in [0.29, 0.717) is 34.9 Å². The molecule has 0 radical (unpaired) electrons. The number of carbonyl (C=O) groups excluding carboxylic acids is 2. The fourth-order valence-electron chi connectivity index (χ4n) is 3.65. The molecule has 1 aliphatic rings. The van der Waals surface area contributed by atoms with E-state index in [4.69, 9.17) is 14.2 Å². The van der Waals surface area contributed by atoms with Gasteiger partial charge in [-0.25, -0.2) is 4.79 Å². The maximum atomic E-state index is 12.6. The van der Waals surface area contributed by atoms with E-state index in [-0.39, 0.29) is 17.6 Å². The quantitative estimate of drug-likeness (QED) is 0.342. The first-order valence-electron chi connectivity index (χ1n) is 11.1. The number of rotatable bonds is 8. The van der Waals surface area contributed by atoms with E-state index in [1.165, 1.54) is 19.6 Å². The van der Waals surface area contributed by atoms with Gasteiger partial charge in [-0.1, -0.05) is 12.5 Å². The zero-order valence-electron chi connectivity index (χ0n) is 18.9. The highest BCUT2D eigenvalue weighted by Gasteiger charge is 2.19. The van der Waals surface area contributed by atoms with Crippen molar-refractivity contribution in [3.05, 3.63) is 59.2 Å². The Hall–Kier alpha value is -3.79. The Balaban J connectivity index is 1.65. The SMILES string of the molecule is CCOc1ccc(/C=C(\C#N)C(=O)Nc2ccc(C(=O)OC3CCCCC3)cc2)cc1OC. The summed E-state index contributed by atoms with van der Waals surface area (Å²) in [7, 11) is 1.53. The second-order valence-corrected chi connectivity index (χ2v) is 7.71. The Bertz CT molecular complexity index is 1050. The number of nitrogens with one attached hydrogen (secondary N) is 1. The van der Waals surface area contributed by atoms with Gasteiger partial charge in [0.2, 0.25) is 0 Å². The van der Waals surface area contributed by atoms with Gasteiger partial charge in [0.1, 0.15) is 17.7 Å². The topological polar surface area (TPSA) is 97.7 Å². The van der Waals surface area contributed by atoms with Crippen LogP contribution in [0.5, 0.6) is 11.5 Å². The van der Waals surface area contributed by atoms with Crippen molar-refractivity contribution < 1.29 is 23.8 Å². The van der Waals surface area contributed by atoms with E-state index in [0.717, 1.165) is 25.7 Å². The van der Waals surface area contributed by atoms with E-state index < -0.39 is 5.91 Å². The van der Waals surface area contributed by atoms with E-state index in [1.807, 2.05) is 13.0 Å². The average Bonchev–Trinajstić information content (AvgIpc) is 2.84. The Morgan fingerprint density at radius 1 is 1.09 bits per heavy atom. The molecular weight excluding hydrogens is 420 g/mol. The Kier molecular flexibility index (Phi) is 8.48. The van der Waals surface area contributed by atoms with Gasteiger partial charge in [0.15, 0.2) is 11.5 Å². The molecule has 1 amide bonds. The van der Waals surface area contributed by atoms with Crippen LogP contribution in [-0.4, -0.2) is 31.7 Å². The third-order valence-corrected chi connectivity index (χ3v) is 5.37. The molecule has 2 aromatic rings. The third-order valence-electron chi connectivity index (χ3n) is 5.37. The number of benzene rings is 2. The van der Waals surface area contributed by atoms with Gasteiger partial charge >= 0.3 is 5.97 Å². The van der Waals surface area contributed by atoms with Crippen molar-refractivity contribution >= 4 is 23.6 Å². The lowest BCUT2D eigenvalue weighted by atomic mass is 9.98. The second kappa shape index (κ2) is 11.7. The standard InChI is InChI=1S/C26H28N2O5/c1-3-32-23-14-9-18(16-24(23)31-2)15-20(17-27)25(29)28-21-12-10-19(11-13-21)26(30)33-22-7-5-4-6-8-22/h9-16,22H,3-8H2,1-2H3,(H,28,29)/b20-15+. The second-order valence-electron chi connectivity index (χ2n) is 7.71. The molecule has 1 N–H and O–H groups in total. The molecule has 0 spiro atoms. The van der Waals surface area contributed by atoms with Crippen LogP contribution >= 0.6 is 0 Å². The minimum atomic E-state index is -0.553. The normalized spacial score (nSPS) is 14.2. The number of methoxy groups -OCH3 is 1. The maximum absolute atomic E-state index is 12.6. The van der Waals surface area contributed by atoms with Gasteiger partial charge in [0, 0.05) is 5.69 Å². The molecule has 0 heterocycles. The molecule has 1 fully saturated rings. The molecule has 0 aliphatic heterocycles. The van der Waals surface area contributed by atoms with Crippen LogP contribution in [0.3, 0.4) is 0 Å². The van der Waals surface area contributed by atoms with Crippen LogP contribution < -0.4 is 14.8 Å². The highest BCUT2D eigenvalue weighted by atomic mass is 16.5.